The van der Waals surface area contributed by atoms with Crippen LogP contribution in [0, 0.1) is 13.8 Å². The number of hydrogen-bond donors (Lipinski definition) is 1. The van der Waals surface area contributed by atoms with Crippen molar-refractivity contribution in [1.29, 1.82) is 0 Å². The van der Waals surface area contributed by atoms with E-state index in [0.717, 1.165) is 29.7 Å². The molecule has 1 heterocycles. The van der Waals surface area contributed by atoms with E-state index in [1.165, 1.54) is 24.3 Å². The predicted molar refractivity (Wildman–Crippen MR) is 113 cm³/mol. The normalized spacial score (nSPS) is 19.5. The number of hydrogen-bond acceptors (Lipinski definition) is 4. The molecule has 1 fully saturated rings. The summed E-state index contributed by atoms with van der Waals surface area (Å²) in [7, 11) is 4.19. The lowest BCUT2D eigenvalue weighted by atomic mass is 9.80. The molecule has 152 valence electrons. The lowest BCUT2D eigenvalue weighted by Crippen LogP contribution is -2.54. The van der Waals surface area contributed by atoms with E-state index in [-0.39, 0.29) is 17.4 Å². The minimum Gasteiger partial charge on any atom is -0.349 e. The number of aryl methyl sites for hydroxylation is 2. The van der Waals surface area contributed by atoms with Crippen molar-refractivity contribution in [2.75, 3.05) is 25.6 Å². The molecule has 0 bridgehead atoms. The van der Waals surface area contributed by atoms with E-state index in [2.05, 4.69) is 29.4 Å². The molecule has 1 aromatic rings. The Morgan fingerprint density at radius 3 is 2.57 bits per heavy atom. The van der Waals surface area contributed by atoms with Crippen LogP contribution < -0.4 is 10.3 Å². The quantitative estimate of drug-likeness (QED) is 0.848. The first-order chi connectivity index (χ1) is 13.3. The van der Waals surface area contributed by atoms with Gasteiger partial charge in [-0.05, 0) is 58.0 Å². The third kappa shape index (κ3) is 4.27. The molecule has 2 aliphatic rings. The molecule has 0 spiro atoms. The number of benzene rings is 1. The van der Waals surface area contributed by atoms with Crippen molar-refractivity contribution in [2.24, 2.45) is 5.10 Å². The van der Waals surface area contributed by atoms with Crippen LogP contribution in [-0.4, -0.2) is 48.6 Å². The van der Waals surface area contributed by atoms with Crippen molar-refractivity contribution in [2.45, 2.75) is 64.3 Å². The van der Waals surface area contributed by atoms with Gasteiger partial charge in [0.25, 0.3) is 5.91 Å². The van der Waals surface area contributed by atoms with Crippen LogP contribution in [0.2, 0.25) is 0 Å². The van der Waals surface area contributed by atoms with Crippen LogP contribution in [0.15, 0.2) is 23.3 Å². The van der Waals surface area contributed by atoms with Gasteiger partial charge in [0.1, 0.15) is 5.71 Å². The minimum absolute atomic E-state index is 0.0196. The van der Waals surface area contributed by atoms with Gasteiger partial charge in [-0.1, -0.05) is 31.4 Å². The second-order valence-corrected chi connectivity index (χ2v) is 8.40. The summed E-state index contributed by atoms with van der Waals surface area (Å²) in [5, 5.41) is 8.95. The van der Waals surface area contributed by atoms with E-state index in [4.69, 9.17) is 0 Å². The number of hydrazone groups is 1. The Bertz CT molecular complexity index is 779. The zero-order valence-corrected chi connectivity index (χ0v) is 17.5. The number of carbonyl (C=O) groups is 2. The van der Waals surface area contributed by atoms with Crippen molar-refractivity contribution in [3.8, 4) is 0 Å². The number of likely N-dealkylation sites (N-methyl/N-ethyl adjacent to an activating group) is 1. The number of nitrogens with one attached hydrogen (secondary N) is 1. The fraction of sp³-hybridized carbons (Fsp3) is 0.591. The number of rotatable bonds is 5. The van der Waals surface area contributed by atoms with Gasteiger partial charge in [-0.15, -0.1) is 0 Å². The third-order valence-corrected chi connectivity index (χ3v) is 6.20. The van der Waals surface area contributed by atoms with E-state index in [9.17, 15) is 9.59 Å². The van der Waals surface area contributed by atoms with Crippen LogP contribution in [0.1, 0.15) is 56.1 Å². The topological polar surface area (TPSA) is 65.0 Å². The number of amides is 2. The van der Waals surface area contributed by atoms with Crippen molar-refractivity contribution >= 4 is 23.2 Å². The highest BCUT2D eigenvalue weighted by Gasteiger charge is 2.35. The molecule has 2 amide bonds. The Hall–Kier alpha value is -2.21. The summed E-state index contributed by atoms with van der Waals surface area (Å²) in [5.74, 6) is -0.225. The molecule has 1 N–H and O–H groups in total. The van der Waals surface area contributed by atoms with Gasteiger partial charge in [0.15, 0.2) is 0 Å². The van der Waals surface area contributed by atoms with Crippen LogP contribution >= 0.6 is 0 Å². The summed E-state index contributed by atoms with van der Waals surface area (Å²) >= 11 is 0. The first-order valence-electron chi connectivity index (χ1n) is 10.3. The molecule has 1 saturated carbocycles. The van der Waals surface area contributed by atoms with Crippen molar-refractivity contribution in [3.05, 3.63) is 29.3 Å². The molecule has 28 heavy (non-hydrogen) atoms. The van der Waals surface area contributed by atoms with Crippen molar-refractivity contribution in [1.82, 2.24) is 10.2 Å². The van der Waals surface area contributed by atoms with Gasteiger partial charge < -0.3 is 10.2 Å². The predicted octanol–water partition coefficient (Wildman–Crippen LogP) is 3.17. The first-order valence-corrected chi connectivity index (χ1v) is 10.3. The Balaban J connectivity index is 1.75. The maximum absolute atomic E-state index is 12.8. The zero-order valence-electron chi connectivity index (χ0n) is 17.5. The third-order valence-electron chi connectivity index (χ3n) is 6.20. The van der Waals surface area contributed by atoms with E-state index < -0.39 is 0 Å². The average Bonchev–Trinajstić information content (AvgIpc) is 2.69. The van der Waals surface area contributed by atoms with Gasteiger partial charge in [-0.25, -0.2) is 5.01 Å². The summed E-state index contributed by atoms with van der Waals surface area (Å²) in [4.78, 5) is 27.5. The van der Waals surface area contributed by atoms with E-state index in [0.29, 0.717) is 25.1 Å². The monoisotopic (exact) mass is 384 g/mol. The van der Waals surface area contributed by atoms with Crippen LogP contribution in [0.5, 0.6) is 0 Å². The fourth-order valence-corrected chi connectivity index (χ4v) is 4.19. The van der Waals surface area contributed by atoms with E-state index in [1.807, 2.05) is 32.0 Å². The first kappa shape index (κ1) is 20.5. The zero-order chi connectivity index (χ0) is 20.3. The molecule has 0 atom stereocenters. The van der Waals surface area contributed by atoms with Crippen molar-refractivity contribution in [3.63, 3.8) is 0 Å². The minimum atomic E-state index is -0.158. The average molecular weight is 385 g/mol. The Labute approximate surface area is 168 Å². The molecule has 0 saturated heterocycles. The standard InChI is InChI=1S/C22H32N4O2/c1-16-8-9-17(2)19(14-16)26-20(27)11-10-18(24-26)21(28)23-15-22(25(3)4)12-6-5-7-13-22/h8-9,14H,5-7,10-13,15H2,1-4H3,(H,23,28). The maximum atomic E-state index is 12.8. The van der Waals surface area contributed by atoms with E-state index in [1.54, 1.807) is 0 Å². The highest BCUT2D eigenvalue weighted by atomic mass is 16.2. The second kappa shape index (κ2) is 8.43. The number of anilines is 1. The molecule has 1 aliphatic heterocycles. The molecule has 1 aliphatic carbocycles. The summed E-state index contributed by atoms with van der Waals surface area (Å²) in [5.41, 5.74) is 3.24. The van der Waals surface area contributed by atoms with Crippen LogP contribution in [-0.2, 0) is 9.59 Å². The Morgan fingerprint density at radius 2 is 1.89 bits per heavy atom. The van der Waals surface area contributed by atoms with E-state index >= 15 is 0 Å². The Kier molecular flexibility index (Phi) is 6.18. The number of nitrogens with zero attached hydrogens (tertiary/aromatic N) is 3. The molecule has 0 unspecified atom stereocenters. The maximum Gasteiger partial charge on any atom is 0.267 e. The molecule has 1 aromatic carbocycles. The SMILES string of the molecule is Cc1ccc(C)c(N2N=C(C(=O)NCC3(N(C)C)CCCCC3)CCC2=O)c1. The van der Waals surface area contributed by atoms with Gasteiger partial charge in [0.2, 0.25) is 5.91 Å². The molecule has 0 radical (unpaired) electrons. The highest BCUT2D eigenvalue weighted by Crippen LogP contribution is 2.31. The van der Waals surface area contributed by atoms with Gasteiger partial charge in [-0.3, -0.25) is 9.59 Å². The van der Waals surface area contributed by atoms with Gasteiger partial charge >= 0.3 is 0 Å². The lowest BCUT2D eigenvalue weighted by Gasteiger charge is -2.43. The summed E-state index contributed by atoms with van der Waals surface area (Å²) in [6, 6.07) is 5.93. The van der Waals surface area contributed by atoms with Crippen LogP contribution in [0.3, 0.4) is 0 Å². The largest absolute Gasteiger partial charge is 0.349 e. The number of carbonyl (C=O) groups excluding carboxylic acids is 2. The van der Waals surface area contributed by atoms with Gasteiger partial charge in [0, 0.05) is 24.9 Å². The molecule has 6 nitrogen and oxygen atoms in total. The summed E-state index contributed by atoms with van der Waals surface area (Å²) in [6.45, 7) is 4.56. The molecule has 3 rings (SSSR count). The van der Waals surface area contributed by atoms with Crippen LogP contribution in [0.25, 0.3) is 0 Å². The summed E-state index contributed by atoms with van der Waals surface area (Å²) < 4.78 is 0. The summed E-state index contributed by atoms with van der Waals surface area (Å²) in [6.07, 6.45) is 6.55. The Morgan fingerprint density at radius 1 is 1.18 bits per heavy atom. The van der Waals surface area contributed by atoms with Crippen molar-refractivity contribution < 1.29 is 9.59 Å². The van der Waals surface area contributed by atoms with Gasteiger partial charge in [0.05, 0.1) is 5.69 Å². The fourth-order valence-electron chi connectivity index (χ4n) is 4.19. The van der Waals surface area contributed by atoms with Gasteiger partial charge in [-0.2, -0.15) is 5.10 Å². The lowest BCUT2D eigenvalue weighted by molar-refractivity contribution is -0.119. The molecular formula is C22H32N4O2. The molecule has 6 heteroatoms. The smallest absolute Gasteiger partial charge is 0.267 e. The second-order valence-electron chi connectivity index (χ2n) is 8.40. The molecular weight excluding hydrogens is 352 g/mol. The molecule has 0 aromatic heterocycles. The van der Waals surface area contributed by atoms with Crippen LogP contribution in [0.4, 0.5) is 5.69 Å². The highest BCUT2D eigenvalue weighted by molar-refractivity contribution is 6.40.